The number of hydrogen-bond donors (Lipinski definition) is 2. The van der Waals surface area contributed by atoms with Crippen molar-refractivity contribution in [2.45, 2.75) is 46.2 Å². The first-order chi connectivity index (χ1) is 11.0. The molecule has 0 spiro atoms. The molecule has 0 bridgehead atoms. The molecule has 1 aliphatic carbocycles. The van der Waals surface area contributed by atoms with E-state index in [0.717, 1.165) is 48.0 Å². The molecule has 2 unspecified atom stereocenters. The molecular formula is C18H27N5. The second-order valence-electron chi connectivity index (χ2n) is 7.00. The number of rotatable bonds is 8. The molecule has 5 nitrogen and oxygen atoms in total. The van der Waals surface area contributed by atoms with E-state index in [0.29, 0.717) is 5.41 Å². The van der Waals surface area contributed by atoms with Crippen molar-refractivity contribution < 1.29 is 0 Å². The van der Waals surface area contributed by atoms with E-state index in [1.54, 1.807) is 0 Å². The molecule has 3 rings (SSSR count). The Morgan fingerprint density at radius 1 is 1.48 bits per heavy atom. The average Bonchev–Trinajstić information content (AvgIpc) is 3.00. The fourth-order valence-electron chi connectivity index (χ4n) is 3.18. The Balaban J connectivity index is 1.55. The van der Waals surface area contributed by atoms with Crippen LogP contribution in [0.5, 0.6) is 0 Å². The van der Waals surface area contributed by atoms with Gasteiger partial charge in [-0.3, -0.25) is 0 Å². The van der Waals surface area contributed by atoms with Gasteiger partial charge in [-0.25, -0.2) is 9.50 Å². The second kappa shape index (κ2) is 6.32. The normalized spacial score (nSPS) is 23.2. The topological polar surface area (TPSA) is 54.2 Å². The van der Waals surface area contributed by atoms with Crippen LogP contribution in [0.2, 0.25) is 0 Å². The zero-order valence-electron chi connectivity index (χ0n) is 14.4. The molecule has 0 aliphatic heterocycles. The zero-order chi connectivity index (χ0) is 16.4. The fraction of sp³-hybridized carbons (Fsp3) is 0.556. The number of imidazole rings is 1. The highest BCUT2D eigenvalue weighted by atomic mass is 15.2. The Labute approximate surface area is 138 Å². The van der Waals surface area contributed by atoms with Crippen molar-refractivity contribution in [1.82, 2.24) is 25.2 Å². The summed E-state index contributed by atoms with van der Waals surface area (Å²) in [6, 6.07) is 2.08. The van der Waals surface area contributed by atoms with E-state index >= 15 is 0 Å². The Morgan fingerprint density at radius 2 is 2.30 bits per heavy atom. The van der Waals surface area contributed by atoms with Gasteiger partial charge in [0.05, 0.1) is 18.1 Å². The summed E-state index contributed by atoms with van der Waals surface area (Å²) in [5, 5.41) is 11.0. The van der Waals surface area contributed by atoms with E-state index in [1.165, 1.54) is 12.8 Å². The maximum Gasteiger partial charge on any atom is 0.154 e. The van der Waals surface area contributed by atoms with Crippen LogP contribution in [0, 0.1) is 11.3 Å². The van der Waals surface area contributed by atoms with Crippen LogP contribution in [0.3, 0.4) is 0 Å². The second-order valence-corrected chi connectivity index (χ2v) is 7.00. The predicted molar refractivity (Wildman–Crippen MR) is 92.9 cm³/mol. The molecule has 2 aromatic heterocycles. The Bertz CT molecular complexity index is 704. The van der Waals surface area contributed by atoms with Gasteiger partial charge in [0, 0.05) is 18.8 Å². The van der Waals surface area contributed by atoms with Gasteiger partial charge in [-0.15, -0.1) is 0 Å². The zero-order valence-corrected chi connectivity index (χ0v) is 14.4. The molecule has 0 saturated heterocycles. The van der Waals surface area contributed by atoms with Crippen molar-refractivity contribution in [2.75, 3.05) is 7.05 Å². The van der Waals surface area contributed by atoms with Crippen LogP contribution >= 0.6 is 0 Å². The highest BCUT2D eigenvalue weighted by Crippen LogP contribution is 2.57. The smallest absolute Gasteiger partial charge is 0.154 e. The highest BCUT2D eigenvalue weighted by molar-refractivity contribution is 5.40. The quantitative estimate of drug-likeness (QED) is 0.787. The number of nitrogens with zero attached hydrogens (tertiary/aromatic N) is 3. The molecular weight excluding hydrogens is 286 g/mol. The van der Waals surface area contributed by atoms with Gasteiger partial charge in [0.15, 0.2) is 5.65 Å². The van der Waals surface area contributed by atoms with Gasteiger partial charge >= 0.3 is 0 Å². The lowest BCUT2D eigenvalue weighted by atomic mass is 10.0. The van der Waals surface area contributed by atoms with Crippen LogP contribution in [-0.4, -0.2) is 21.6 Å². The van der Waals surface area contributed by atoms with Crippen LogP contribution < -0.4 is 10.6 Å². The molecule has 0 aromatic carbocycles. The van der Waals surface area contributed by atoms with E-state index in [-0.39, 0.29) is 0 Å². The molecule has 5 heteroatoms. The standard InChI is InChI=1S/C18H27N5/c1-5-18(3)8-15(18)6-13(2)20-9-14-7-17-22-16(11-19-4)12-23(17)21-10-14/h7,10,12,15,19-20H,2,5-6,8-9,11H2,1,3-4H3. The largest absolute Gasteiger partial charge is 0.385 e. The molecule has 0 amide bonds. The summed E-state index contributed by atoms with van der Waals surface area (Å²) in [5.74, 6) is 0.796. The number of nitrogens with one attached hydrogen (secondary N) is 2. The summed E-state index contributed by atoms with van der Waals surface area (Å²) < 4.78 is 1.82. The minimum absolute atomic E-state index is 0.546. The molecule has 2 atom stereocenters. The number of aromatic nitrogens is 3. The summed E-state index contributed by atoms with van der Waals surface area (Å²) in [4.78, 5) is 4.57. The summed E-state index contributed by atoms with van der Waals surface area (Å²) in [5.41, 5.74) is 4.70. The van der Waals surface area contributed by atoms with Crippen LogP contribution in [-0.2, 0) is 13.1 Å². The Hall–Kier alpha value is -1.88. The van der Waals surface area contributed by atoms with Crippen molar-refractivity contribution in [3.8, 4) is 0 Å². The van der Waals surface area contributed by atoms with Crippen molar-refractivity contribution in [3.63, 3.8) is 0 Å². The summed E-state index contributed by atoms with van der Waals surface area (Å²) in [6.45, 7) is 10.4. The monoisotopic (exact) mass is 313 g/mol. The molecule has 1 fully saturated rings. The van der Waals surface area contributed by atoms with Gasteiger partial charge in [-0.2, -0.15) is 5.10 Å². The molecule has 0 radical (unpaired) electrons. The lowest BCUT2D eigenvalue weighted by Crippen LogP contribution is -2.14. The third-order valence-electron chi connectivity index (χ3n) is 5.17. The third kappa shape index (κ3) is 3.55. The van der Waals surface area contributed by atoms with E-state index in [9.17, 15) is 0 Å². The van der Waals surface area contributed by atoms with Crippen LogP contribution in [0.25, 0.3) is 5.65 Å². The van der Waals surface area contributed by atoms with Gasteiger partial charge < -0.3 is 10.6 Å². The van der Waals surface area contributed by atoms with E-state index in [1.807, 2.05) is 24.0 Å². The van der Waals surface area contributed by atoms with E-state index in [2.05, 4.69) is 47.2 Å². The lowest BCUT2D eigenvalue weighted by Gasteiger charge is -2.12. The van der Waals surface area contributed by atoms with Crippen LogP contribution in [0.1, 0.15) is 44.4 Å². The Morgan fingerprint density at radius 3 is 3.00 bits per heavy atom. The molecule has 2 heterocycles. The summed E-state index contributed by atoms with van der Waals surface area (Å²) >= 11 is 0. The average molecular weight is 313 g/mol. The van der Waals surface area contributed by atoms with Crippen molar-refractivity contribution in [2.24, 2.45) is 11.3 Å². The minimum atomic E-state index is 0.546. The minimum Gasteiger partial charge on any atom is -0.385 e. The first kappa shape index (κ1) is 16.0. The van der Waals surface area contributed by atoms with Crippen molar-refractivity contribution in [1.29, 1.82) is 0 Å². The Kier molecular flexibility index (Phi) is 4.39. The van der Waals surface area contributed by atoms with Crippen LogP contribution in [0.15, 0.2) is 30.7 Å². The summed E-state index contributed by atoms with van der Waals surface area (Å²) in [6.07, 6.45) is 7.53. The summed E-state index contributed by atoms with van der Waals surface area (Å²) in [7, 11) is 1.92. The van der Waals surface area contributed by atoms with E-state index in [4.69, 9.17) is 0 Å². The number of fused-ring (bicyclic) bond motifs is 1. The fourth-order valence-corrected chi connectivity index (χ4v) is 3.18. The SMILES string of the molecule is C=C(CC1CC1(C)CC)NCc1cnn2cc(CNC)nc2c1. The maximum absolute atomic E-state index is 4.57. The molecule has 2 N–H and O–H groups in total. The molecule has 124 valence electrons. The lowest BCUT2D eigenvalue weighted by molar-refractivity contribution is 0.476. The highest BCUT2D eigenvalue weighted by Gasteiger charge is 2.47. The van der Waals surface area contributed by atoms with Crippen molar-refractivity contribution in [3.05, 3.63) is 42.0 Å². The molecule has 2 aromatic rings. The molecule has 1 saturated carbocycles. The van der Waals surface area contributed by atoms with Crippen LogP contribution in [0.4, 0.5) is 0 Å². The van der Waals surface area contributed by atoms with Gasteiger partial charge in [0.2, 0.25) is 0 Å². The maximum atomic E-state index is 4.57. The first-order valence-corrected chi connectivity index (χ1v) is 8.43. The number of hydrogen-bond acceptors (Lipinski definition) is 4. The van der Waals surface area contributed by atoms with Gasteiger partial charge in [-0.1, -0.05) is 26.8 Å². The van der Waals surface area contributed by atoms with Gasteiger partial charge in [0.25, 0.3) is 0 Å². The molecule has 1 aliphatic rings. The van der Waals surface area contributed by atoms with E-state index < -0.39 is 0 Å². The van der Waals surface area contributed by atoms with Crippen molar-refractivity contribution >= 4 is 5.65 Å². The van der Waals surface area contributed by atoms with Gasteiger partial charge in [0.1, 0.15) is 0 Å². The molecule has 23 heavy (non-hydrogen) atoms. The first-order valence-electron chi connectivity index (χ1n) is 8.43. The predicted octanol–water partition coefficient (Wildman–Crippen LogP) is 2.88. The third-order valence-corrected chi connectivity index (χ3v) is 5.17. The number of allylic oxidation sites excluding steroid dienone is 1. The van der Waals surface area contributed by atoms with Gasteiger partial charge in [-0.05, 0) is 42.9 Å².